The minimum atomic E-state index is -0.409. The second kappa shape index (κ2) is 5.83. The average molecular weight is 314 g/mol. The number of amides is 2. The number of carbonyl (C=O) groups is 3. The molecule has 0 unspecified atom stereocenters. The molecule has 0 spiro atoms. The van der Waals surface area contributed by atoms with Crippen molar-refractivity contribution in [3.8, 4) is 0 Å². The van der Waals surface area contributed by atoms with Gasteiger partial charge in [0, 0.05) is 32.9 Å². The summed E-state index contributed by atoms with van der Waals surface area (Å²) < 4.78 is 3.34. The lowest BCUT2D eigenvalue weighted by molar-refractivity contribution is -0.138. The first-order valence-electron chi connectivity index (χ1n) is 7.42. The minimum absolute atomic E-state index is 0.147. The Morgan fingerprint density at radius 3 is 2.74 bits per heavy atom. The molecule has 0 aliphatic carbocycles. The molecule has 0 radical (unpaired) electrons. The molecule has 3 heterocycles. The van der Waals surface area contributed by atoms with Crippen molar-refractivity contribution >= 4 is 17.6 Å². The Labute approximate surface area is 133 Å². The largest absolute Gasteiger partial charge is 0.348 e. The highest BCUT2D eigenvalue weighted by Crippen LogP contribution is 2.23. The van der Waals surface area contributed by atoms with Crippen LogP contribution in [-0.4, -0.2) is 43.4 Å². The molecular weight excluding hydrogens is 296 g/mol. The highest BCUT2D eigenvalue weighted by atomic mass is 16.2. The number of rotatable bonds is 5. The number of carbonyl (C=O) groups excluding carboxylic acids is 3. The maximum absolute atomic E-state index is 12.4. The Morgan fingerprint density at radius 1 is 1.35 bits per heavy atom. The smallest absolute Gasteiger partial charge is 0.233 e. The van der Waals surface area contributed by atoms with Gasteiger partial charge < -0.3 is 4.57 Å². The van der Waals surface area contributed by atoms with Crippen molar-refractivity contribution in [2.24, 2.45) is 20.0 Å². The molecule has 0 aromatic carbocycles. The Kier molecular flexibility index (Phi) is 3.85. The fourth-order valence-corrected chi connectivity index (χ4v) is 2.91. The number of likely N-dealkylation sites (tertiary alicyclic amines) is 1. The monoisotopic (exact) mass is 314 g/mol. The van der Waals surface area contributed by atoms with Gasteiger partial charge >= 0.3 is 0 Å². The van der Waals surface area contributed by atoms with Crippen LogP contribution in [0.3, 0.4) is 0 Å². The van der Waals surface area contributed by atoms with E-state index in [1.54, 1.807) is 47.9 Å². The molecule has 23 heavy (non-hydrogen) atoms. The number of imide groups is 1. The fourth-order valence-electron chi connectivity index (χ4n) is 2.91. The molecule has 2 aromatic rings. The Hall–Kier alpha value is -2.70. The number of aromatic nitrogens is 3. The van der Waals surface area contributed by atoms with Crippen LogP contribution in [0.1, 0.15) is 22.5 Å². The van der Waals surface area contributed by atoms with Gasteiger partial charge in [-0.05, 0) is 24.1 Å². The summed E-state index contributed by atoms with van der Waals surface area (Å²) in [5.41, 5.74) is 1.40. The fraction of sp³-hybridized carbons (Fsp3) is 0.375. The second-order valence-electron chi connectivity index (χ2n) is 5.87. The van der Waals surface area contributed by atoms with E-state index in [1.807, 2.05) is 6.20 Å². The van der Waals surface area contributed by atoms with Crippen LogP contribution >= 0.6 is 0 Å². The molecule has 1 aliphatic heterocycles. The standard InChI is InChI=1S/C16H18N4O3/c1-18-5-3-4-13(18)14(21)10-20-15(22)7-12(16(20)23)6-11-8-17-19(2)9-11/h3-5,8-9,12H,6-7,10H2,1-2H3/t12-/m0/s1. The normalized spacial score (nSPS) is 18.0. The van der Waals surface area contributed by atoms with Gasteiger partial charge in [-0.15, -0.1) is 0 Å². The minimum Gasteiger partial charge on any atom is -0.348 e. The lowest BCUT2D eigenvalue weighted by Crippen LogP contribution is -2.36. The summed E-state index contributed by atoms with van der Waals surface area (Å²) in [6.45, 7) is -0.195. The van der Waals surface area contributed by atoms with Gasteiger partial charge in [0.1, 0.15) is 0 Å². The van der Waals surface area contributed by atoms with Crippen LogP contribution in [0.25, 0.3) is 0 Å². The van der Waals surface area contributed by atoms with Gasteiger partial charge in [-0.3, -0.25) is 24.0 Å². The van der Waals surface area contributed by atoms with Gasteiger partial charge in [0.15, 0.2) is 5.78 Å². The zero-order valence-corrected chi connectivity index (χ0v) is 13.1. The Morgan fingerprint density at radius 2 is 2.13 bits per heavy atom. The van der Waals surface area contributed by atoms with Crippen molar-refractivity contribution in [2.75, 3.05) is 6.54 Å². The molecule has 1 aliphatic rings. The lowest BCUT2D eigenvalue weighted by Gasteiger charge is -2.14. The first kappa shape index (κ1) is 15.2. The summed E-state index contributed by atoms with van der Waals surface area (Å²) in [4.78, 5) is 37.9. The molecule has 0 bridgehead atoms. The predicted molar refractivity (Wildman–Crippen MR) is 81.5 cm³/mol. The maximum atomic E-state index is 12.4. The van der Waals surface area contributed by atoms with Crippen LogP contribution in [0.4, 0.5) is 0 Å². The van der Waals surface area contributed by atoms with Crippen LogP contribution in [0, 0.1) is 5.92 Å². The number of hydrogen-bond donors (Lipinski definition) is 0. The number of nitrogens with zero attached hydrogens (tertiary/aromatic N) is 4. The van der Waals surface area contributed by atoms with Gasteiger partial charge in [-0.25, -0.2) is 0 Å². The van der Waals surface area contributed by atoms with E-state index in [0.29, 0.717) is 12.1 Å². The summed E-state index contributed by atoms with van der Waals surface area (Å²) in [6.07, 6.45) is 5.89. The molecule has 0 saturated carbocycles. The third-order valence-electron chi connectivity index (χ3n) is 4.11. The quantitative estimate of drug-likeness (QED) is 0.597. The van der Waals surface area contributed by atoms with E-state index in [4.69, 9.17) is 0 Å². The van der Waals surface area contributed by atoms with Crippen LogP contribution in [0.5, 0.6) is 0 Å². The maximum Gasteiger partial charge on any atom is 0.233 e. The summed E-state index contributed by atoms with van der Waals surface area (Å²) >= 11 is 0. The first-order valence-corrected chi connectivity index (χ1v) is 7.42. The van der Waals surface area contributed by atoms with Crippen molar-refractivity contribution in [2.45, 2.75) is 12.8 Å². The summed E-state index contributed by atoms with van der Waals surface area (Å²) in [5.74, 6) is -1.21. The highest BCUT2D eigenvalue weighted by Gasteiger charge is 2.39. The van der Waals surface area contributed by atoms with Crippen molar-refractivity contribution in [1.82, 2.24) is 19.2 Å². The molecule has 120 valence electrons. The second-order valence-corrected chi connectivity index (χ2v) is 5.87. The van der Waals surface area contributed by atoms with E-state index >= 15 is 0 Å². The van der Waals surface area contributed by atoms with Crippen LogP contribution in [-0.2, 0) is 30.1 Å². The molecule has 3 rings (SSSR count). The van der Waals surface area contributed by atoms with Crippen molar-refractivity contribution < 1.29 is 14.4 Å². The van der Waals surface area contributed by atoms with Gasteiger partial charge in [0.25, 0.3) is 0 Å². The summed E-state index contributed by atoms with van der Waals surface area (Å²) in [5, 5.41) is 4.06. The van der Waals surface area contributed by atoms with Crippen molar-refractivity contribution in [3.63, 3.8) is 0 Å². The third-order valence-corrected chi connectivity index (χ3v) is 4.11. The molecule has 1 atom stereocenters. The number of aryl methyl sites for hydroxylation is 2. The number of hydrogen-bond acceptors (Lipinski definition) is 4. The van der Waals surface area contributed by atoms with Crippen LogP contribution in [0.15, 0.2) is 30.7 Å². The molecule has 1 saturated heterocycles. The van der Waals surface area contributed by atoms with Gasteiger partial charge in [-0.2, -0.15) is 5.10 Å². The molecule has 2 aromatic heterocycles. The van der Waals surface area contributed by atoms with E-state index in [-0.39, 0.29) is 30.6 Å². The van der Waals surface area contributed by atoms with E-state index < -0.39 is 5.92 Å². The highest BCUT2D eigenvalue weighted by molar-refractivity contribution is 6.08. The Bertz CT molecular complexity index is 774. The van der Waals surface area contributed by atoms with Crippen LogP contribution < -0.4 is 0 Å². The summed E-state index contributed by atoms with van der Waals surface area (Å²) in [7, 11) is 3.56. The topological polar surface area (TPSA) is 77.2 Å². The SMILES string of the molecule is Cn1cc(C[C@H]2CC(=O)N(CC(=O)c3cccn3C)C2=O)cn1. The van der Waals surface area contributed by atoms with Gasteiger partial charge in [-0.1, -0.05) is 0 Å². The van der Waals surface area contributed by atoms with Crippen LogP contribution in [0.2, 0.25) is 0 Å². The number of Topliss-reactive ketones (excluding diaryl/α,β-unsaturated/α-hetero) is 1. The zero-order valence-electron chi connectivity index (χ0n) is 13.1. The Balaban J connectivity index is 1.69. The number of ketones is 1. The first-order chi connectivity index (χ1) is 11.0. The van der Waals surface area contributed by atoms with E-state index in [0.717, 1.165) is 10.5 Å². The van der Waals surface area contributed by atoms with Crippen molar-refractivity contribution in [3.05, 3.63) is 42.0 Å². The average Bonchev–Trinajstić information content (AvgIpc) is 3.16. The molecule has 1 fully saturated rings. The van der Waals surface area contributed by atoms with Crippen molar-refractivity contribution in [1.29, 1.82) is 0 Å². The molecule has 0 N–H and O–H groups in total. The predicted octanol–water partition coefficient (Wildman–Crippen LogP) is 0.559. The van der Waals surface area contributed by atoms with E-state index in [1.165, 1.54) is 0 Å². The zero-order chi connectivity index (χ0) is 16.6. The molecule has 7 nitrogen and oxygen atoms in total. The van der Waals surface area contributed by atoms with Gasteiger partial charge in [0.2, 0.25) is 11.8 Å². The van der Waals surface area contributed by atoms with Gasteiger partial charge in [0.05, 0.1) is 24.4 Å². The lowest BCUT2D eigenvalue weighted by atomic mass is 10.0. The molecular formula is C16H18N4O3. The van der Waals surface area contributed by atoms with E-state index in [9.17, 15) is 14.4 Å². The third kappa shape index (κ3) is 2.94. The summed E-state index contributed by atoms with van der Waals surface area (Å²) in [6, 6.07) is 3.44. The molecule has 7 heteroatoms. The van der Waals surface area contributed by atoms with E-state index in [2.05, 4.69) is 5.10 Å². The molecule has 2 amide bonds.